The summed E-state index contributed by atoms with van der Waals surface area (Å²) in [6.07, 6.45) is 0. The molecule has 14 heavy (non-hydrogen) atoms. The van der Waals surface area contributed by atoms with Gasteiger partial charge in [0, 0.05) is 11.5 Å². The Balaban J connectivity index is 0.000000980. The summed E-state index contributed by atoms with van der Waals surface area (Å²) in [4.78, 5) is 11.0. The van der Waals surface area contributed by atoms with Crippen LogP contribution in [-0.4, -0.2) is 0 Å². The second-order valence-electron chi connectivity index (χ2n) is 3.25. The molecule has 0 saturated heterocycles. The molecule has 2 aromatic rings. The fraction of sp³-hybridized carbons (Fsp3) is 0.250. The van der Waals surface area contributed by atoms with Crippen molar-refractivity contribution in [1.82, 2.24) is 0 Å². The summed E-state index contributed by atoms with van der Waals surface area (Å²) >= 11 is 0. The van der Waals surface area contributed by atoms with Crippen molar-refractivity contribution < 1.29 is 4.42 Å². The zero-order valence-electron chi connectivity index (χ0n) is 7.63. The Morgan fingerprint density at radius 3 is 2.57 bits per heavy atom. The summed E-state index contributed by atoms with van der Waals surface area (Å²) in [5.41, 5.74) is 2.45. The third-order valence-corrected chi connectivity index (χ3v) is 2.11. The highest BCUT2D eigenvalue weighted by molar-refractivity contribution is 5.80. The van der Waals surface area contributed by atoms with Gasteiger partial charge in [0.2, 0.25) is 0 Å². The van der Waals surface area contributed by atoms with Crippen LogP contribution < -0.4 is 5.63 Å². The van der Waals surface area contributed by atoms with Crippen LogP contribution in [0.2, 0.25) is 0 Å². The molecule has 1 aromatic heterocycles. The van der Waals surface area contributed by atoms with Gasteiger partial charge < -0.3 is 4.42 Å². The van der Waals surface area contributed by atoms with E-state index in [1.165, 1.54) is 6.07 Å². The van der Waals surface area contributed by atoms with E-state index in [9.17, 15) is 4.79 Å². The SMILES string of the molecule is C.Cc1ccc2c(C)cc(=O)oc2c1. The maximum Gasteiger partial charge on any atom is 0.336 e. The van der Waals surface area contributed by atoms with E-state index in [1.807, 2.05) is 32.0 Å². The van der Waals surface area contributed by atoms with E-state index in [1.54, 1.807) is 0 Å². The molecular weight excluding hydrogens is 176 g/mol. The van der Waals surface area contributed by atoms with Crippen LogP contribution in [0.25, 0.3) is 11.0 Å². The Bertz CT molecular complexity index is 509. The third kappa shape index (κ3) is 1.69. The molecule has 2 nitrogen and oxygen atoms in total. The van der Waals surface area contributed by atoms with Crippen molar-refractivity contribution in [3.05, 3.63) is 45.8 Å². The maximum atomic E-state index is 11.0. The molecule has 74 valence electrons. The van der Waals surface area contributed by atoms with Gasteiger partial charge in [-0.3, -0.25) is 0 Å². The van der Waals surface area contributed by atoms with Gasteiger partial charge in [0.1, 0.15) is 5.58 Å². The minimum absolute atomic E-state index is 0. The monoisotopic (exact) mass is 190 g/mol. The van der Waals surface area contributed by atoms with Crippen LogP contribution in [0.4, 0.5) is 0 Å². The fourth-order valence-corrected chi connectivity index (χ4v) is 1.43. The van der Waals surface area contributed by atoms with Gasteiger partial charge in [0.05, 0.1) is 0 Å². The number of fused-ring (bicyclic) bond motifs is 1. The molecule has 0 amide bonds. The second kappa shape index (κ2) is 3.66. The second-order valence-corrected chi connectivity index (χ2v) is 3.25. The molecule has 0 aliphatic rings. The van der Waals surface area contributed by atoms with Crippen molar-refractivity contribution in [3.63, 3.8) is 0 Å². The molecule has 2 rings (SSSR count). The molecule has 1 heterocycles. The lowest BCUT2D eigenvalue weighted by Crippen LogP contribution is -1.97. The lowest BCUT2D eigenvalue weighted by atomic mass is 10.1. The van der Waals surface area contributed by atoms with Crippen LogP contribution in [0.5, 0.6) is 0 Å². The fourth-order valence-electron chi connectivity index (χ4n) is 1.43. The standard InChI is InChI=1S/C11H10O2.CH4/c1-7-3-4-9-8(2)6-11(12)13-10(9)5-7;/h3-6H,1-2H3;1H4. The number of rotatable bonds is 0. The molecule has 0 saturated carbocycles. The van der Waals surface area contributed by atoms with Crippen molar-refractivity contribution in [2.24, 2.45) is 0 Å². The van der Waals surface area contributed by atoms with Crippen molar-refractivity contribution >= 4 is 11.0 Å². The predicted molar refractivity (Wildman–Crippen MR) is 58.7 cm³/mol. The van der Waals surface area contributed by atoms with Crippen molar-refractivity contribution in [1.29, 1.82) is 0 Å². The zero-order chi connectivity index (χ0) is 9.42. The van der Waals surface area contributed by atoms with E-state index in [2.05, 4.69) is 0 Å². The molecule has 0 fully saturated rings. The van der Waals surface area contributed by atoms with E-state index in [0.717, 1.165) is 16.5 Å². The average Bonchev–Trinajstić information content (AvgIpc) is 2.02. The summed E-state index contributed by atoms with van der Waals surface area (Å²) < 4.78 is 5.07. The van der Waals surface area contributed by atoms with Gasteiger partial charge in [0.15, 0.2) is 0 Å². The van der Waals surface area contributed by atoms with E-state index >= 15 is 0 Å². The van der Waals surface area contributed by atoms with Crippen LogP contribution in [0, 0.1) is 13.8 Å². The smallest absolute Gasteiger partial charge is 0.336 e. The van der Waals surface area contributed by atoms with Gasteiger partial charge in [-0.15, -0.1) is 0 Å². The molecule has 0 aliphatic carbocycles. The van der Waals surface area contributed by atoms with Gasteiger partial charge in [-0.1, -0.05) is 19.6 Å². The topological polar surface area (TPSA) is 30.2 Å². The van der Waals surface area contributed by atoms with Gasteiger partial charge >= 0.3 is 5.63 Å². The number of hydrogen-bond donors (Lipinski definition) is 0. The van der Waals surface area contributed by atoms with Gasteiger partial charge in [0.25, 0.3) is 0 Å². The zero-order valence-corrected chi connectivity index (χ0v) is 7.63. The van der Waals surface area contributed by atoms with Crippen molar-refractivity contribution in [3.8, 4) is 0 Å². The largest absolute Gasteiger partial charge is 0.423 e. The summed E-state index contributed by atoms with van der Waals surface area (Å²) in [7, 11) is 0. The molecule has 0 atom stereocenters. The Morgan fingerprint density at radius 2 is 1.86 bits per heavy atom. The number of hydrogen-bond acceptors (Lipinski definition) is 2. The first kappa shape index (κ1) is 10.5. The molecular formula is C12H14O2. The van der Waals surface area contributed by atoms with E-state index in [4.69, 9.17) is 4.42 Å². The van der Waals surface area contributed by atoms with Gasteiger partial charge in [-0.05, 0) is 31.0 Å². The summed E-state index contributed by atoms with van der Waals surface area (Å²) in [6, 6.07) is 7.37. The van der Waals surface area contributed by atoms with Crippen LogP contribution in [0.3, 0.4) is 0 Å². The Morgan fingerprint density at radius 1 is 1.14 bits per heavy atom. The maximum absolute atomic E-state index is 11.0. The first-order chi connectivity index (χ1) is 6.16. The van der Waals surface area contributed by atoms with E-state index in [0.29, 0.717) is 5.58 Å². The van der Waals surface area contributed by atoms with Crippen LogP contribution in [0.1, 0.15) is 18.6 Å². The van der Waals surface area contributed by atoms with Crippen LogP contribution in [0.15, 0.2) is 33.5 Å². The van der Waals surface area contributed by atoms with Crippen molar-refractivity contribution in [2.45, 2.75) is 21.3 Å². The molecule has 2 heteroatoms. The minimum Gasteiger partial charge on any atom is -0.423 e. The molecule has 0 unspecified atom stereocenters. The lowest BCUT2D eigenvalue weighted by Gasteiger charge is -2.00. The summed E-state index contributed by atoms with van der Waals surface area (Å²) in [5, 5.41) is 1.00. The van der Waals surface area contributed by atoms with E-state index in [-0.39, 0.29) is 13.1 Å². The summed E-state index contributed by atoms with van der Waals surface area (Å²) in [5.74, 6) is 0. The first-order valence-electron chi connectivity index (χ1n) is 4.18. The first-order valence-corrected chi connectivity index (χ1v) is 4.18. The number of benzene rings is 1. The third-order valence-electron chi connectivity index (χ3n) is 2.11. The van der Waals surface area contributed by atoms with E-state index < -0.39 is 0 Å². The molecule has 0 bridgehead atoms. The van der Waals surface area contributed by atoms with Crippen molar-refractivity contribution in [2.75, 3.05) is 0 Å². The molecule has 0 spiro atoms. The van der Waals surface area contributed by atoms with Gasteiger partial charge in [-0.25, -0.2) is 4.79 Å². The minimum atomic E-state index is -0.282. The Hall–Kier alpha value is -1.57. The highest BCUT2D eigenvalue weighted by Gasteiger charge is 2.00. The van der Waals surface area contributed by atoms with Crippen LogP contribution in [-0.2, 0) is 0 Å². The highest BCUT2D eigenvalue weighted by Crippen LogP contribution is 2.16. The molecule has 0 N–H and O–H groups in total. The summed E-state index contributed by atoms with van der Waals surface area (Å²) in [6.45, 7) is 3.89. The molecule has 0 aliphatic heterocycles. The van der Waals surface area contributed by atoms with Crippen LogP contribution >= 0.6 is 0 Å². The van der Waals surface area contributed by atoms with Gasteiger partial charge in [-0.2, -0.15) is 0 Å². The lowest BCUT2D eigenvalue weighted by molar-refractivity contribution is 0.559. The normalized spacial score (nSPS) is 9.86. The molecule has 0 radical (unpaired) electrons. The Labute approximate surface area is 83.2 Å². The Kier molecular flexibility index (Phi) is 2.75. The predicted octanol–water partition coefficient (Wildman–Crippen LogP) is 3.05. The number of aryl methyl sites for hydroxylation is 2. The molecule has 1 aromatic carbocycles. The average molecular weight is 190 g/mol. The quantitative estimate of drug-likeness (QED) is 0.598. The highest BCUT2D eigenvalue weighted by atomic mass is 16.4.